The summed E-state index contributed by atoms with van der Waals surface area (Å²) < 4.78 is 16.3. The second-order valence-electron chi connectivity index (χ2n) is 6.69. The summed E-state index contributed by atoms with van der Waals surface area (Å²) in [5.74, 6) is 0.897. The van der Waals surface area contributed by atoms with Crippen molar-refractivity contribution < 1.29 is 23.6 Å². The summed E-state index contributed by atoms with van der Waals surface area (Å²) in [5, 5.41) is 6.18. The molecule has 0 aliphatic carbocycles. The van der Waals surface area contributed by atoms with Crippen molar-refractivity contribution in [2.45, 2.75) is 32.2 Å². The molecule has 3 heterocycles. The molecule has 8 nitrogen and oxygen atoms in total. The van der Waals surface area contributed by atoms with Crippen molar-refractivity contribution in [1.82, 2.24) is 10.1 Å². The smallest absolute Gasteiger partial charge is 0.315 e. The van der Waals surface area contributed by atoms with Crippen molar-refractivity contribution in [2.75, 3.05) is 25.1 Å². The van der Waals surface area contributed by atoms with Crippen LogP contribution in [0.4, 0.5) is 5.82 Å². The predicted octanol–water partition coefficient (Wildman–Crippen LogP) is 2.45. The van der Waals surface area contributed by atoms with Crippen LogP contribution in [0.15, 0.2) is 28.8 Å². The molecule has 2 aromatic rings. The van der Waals surface area contributed by atoms with Crippen LogP contribution in [0, 0.1) is 6.92 Å². The van der Waals surface area contributed by atoms with E-state index in [9.17, 15) is 9.59 Å². The number of aromatic nitrogens is 1. The third-order valence-corrected chi connectivity index (χ3v) is 4.73. The number of likely N-dealkylation sites (tertiary alicyclic amines) is 1. The van der Waals surface area contributed by atoms with Gasteiger partial charge in [0.25, 0.3) is 0 Å². The number of anilines is 1. The van der Waals surface area contributed by atoms with Crippen LogP contribution < -0.4 is 14.8 Å². The number of amides is 2. The summed E-state index contributed by atoms with van der Waals surface area (Å²) in [6.45, 7) is 3.47. The molecule has 1 unspecified atom stereocenters. The van der Waals surface area contributed by atoms with Gasteiger partial charge in [0.05, 0.1) is 19.3 Å². The first-order chi connectivity index (χ1) is 13.1. The van der Waals surface area contributed by atoms with Gasteiger partial charge in [0, 0.05) is 19.0 Å². The van der Waals surface area contributed by atoms with Crippen LogP contribution in [0.2, 0.25) is 0 Å². The van der Waals surface area contributed by atoms with E-state index in [0.717, 1.165) is 24.8 Å². The lowest BCUT2D eigenvalue weighted by Gasteiger charge is -2.25. The van der Waals surface area contributed by atoms with Crippen molar-refractivity contribution in [1.29, 1.82) is 0 Å². The summed E-state index contributed by atoms with van der Waals surface area (Å²) in [6.07, 6.45) is 2.46. The molecule has 2 amide bonds. The second-order valence-corrected chi connectivity index (χ2v) is 6.69. The van der Waals surface area contributed by atoms with Crippen LogP contribution in [0.3, 0.4) is 0 Å². The highest BCUT2D eigenvalue weighted by molar-refractivity contribution is 6.39. The van der Waals surface area contributed by atoms with Crippen molar-refractivity contribution in [3.63, 3.8) is 0 Å². The van der Waals surface area contributed by atoms with Gasteiger partial charge in [-0.05, 0) is 37.5 Å². The van der Waals surface area contributed by atoms with Crippen molar-refractivity contribution in [2.24, 2.45) is 0 Å². The summed E-state index contributed by atoms with van der Waals surface area (Å²) in [6, 6.07) is 7.11. The Kier molecular flexibility index (Phi) is 4.70. The van der Waals surface area contributed by atoms with E-state index < -0.39 is 11.8 Å². The number of benzene rings is 1. The number of fused-ring (bicyclic) bond motifs is 1. The minimum Gasteiger partial charge on any atom is -0.490 e. The van der Waals surface area contributed by atoms with Gasteiger partial charge in [-0.1, -0.05) is 11.2 Å². The highest BCUT2D eigenvalue weighted by atomic mass is 16.5. The number of nitrogens with one attached hydrogen (secondary N) is 1. The number of aryl methyl sites for hydroxylation is 1. The highest BCUT2D eigenvalue weighted by Gasteiger charge is 2.34. The zero-order valence-corrected chi connectivity index (χ0v) is 15.1. The summed E-state index contributed by atoms with van der Waals surface area (Å²) in [7, 11) is 0. The van der Waals surface area contributed by atoms with Crippen LogP contribution in [-0.4, -0.2) is 41.6 Å². The average molecular weight is 371 g/mol. The van der Waals surface area contributed by atoms with E-state index in [1.807, 2.05) is 18.2 Å². The highest BCUT2D eigenvalue weighted by Crippen LogP contribution is 2.38. The molecule has 1 atom stereocenters. The molecule has 1 N–H and O–H groups in total. The van der Waals surface area contributed by atoms with Crippen LogP contribution >= 0.6 is 0 Å². The van der Waals surface area contributed by atoms with Crippen LogP contribution in [-0.2, 0) is 9.59 Å². The standard InChI is InChI=1S/C19H21N3O5/c1-12-10-17(21-27-12)20-18(23)19(24)22-7-2-4-14(22)13-5-6-15-16(11-13)26-9-3-8-25-15/h5-6,10-11,14H,2-4,7-9H2,1H3,(H,20,21,23). The van der Waals surface area contributed by atoms with Gasteiger partial charge in [0.2, 0.25) is 0 Å². The summed E-state index contributed by atoms with van der Waals surface area (Å²) in [4.78, 5) is 26.6. The van der Waals surface area contributed by atoms with Gasteiger partial charge >= 0.3 is 11.8 Å². The average Bonchev–Trinajstić information content (AvgIpc) is 3.24. The monoisotopic (exact) mass is 371 g/mol. The van der Waals surface area contributed by atoms with E-state index in [2.05, 4.69) is 10.5 Å². The van der Waals surface area contributed by atoms with E-state index in [4.69, 9.17) is 14.0 Å². The number of carbonyl (C=O) groups excluding carboxylic acids is 2. The first kappa shape index (κ1) is 17.4. The van der Waals surface area contributed by atoms with Crippen molar-refractivity contribution in [3.05, 3.63) is 35.6 Å². The van der Waals surface area contributed by atoms with Gasteiger partial charge in [-0.25, -0.2) is 0 Å². The van der Waals surface area contributed by atoms with E-state index in [0.29, 0.717) is 37.0 Å². The molecule has 2 aliphatic heterocycles. The lowest BCUT2D eigenvalue weighted by molar-refractivity contribution is -0.143. The van der Waals surface area contributed by atoms with E-state index in [1.165, 1.54) is 0 Å². The number of rotatable bonds is 2. The fraction of sp³-hybridized carbons (Fsp3) is 0.421. The minimum absolute atomic E-state index is 0.167. The molecule has 4 rings (SSSR count). The molecule has 1 fully saturated rings. The number of ether oxygens (including phenoxy) is 2. The molecule has 142 valence electrons. The first-order valence-corrected chi connectivity index (χ1v) is 9.06. The molecule has 0 saturated carbocycles. The van der Waals surface area contributed by atoms with Gasteiger partial charge in [0.15, 0.2) is 17.3 Å². The van der Waals surface area contributed by atoms with Crippen LogP contribution in [0.1, 0.15) is 36.6 Å². The summed E-state index contributed by atoms with van der Waals surface area (Å²) >= 11 is 0. The molecular formula is C19H21N3O5. The van der Waals surface area contributed by atoms with E-state index in [-0.39, 0.29) is 11.9 Å². The maximum absolute atomic E-state index is 12.7. The fourth-order valence-corrected chi connectivity index (χ4v) is 3.47. The molecule has 2 aliphatic rings. The molecule has 1 aromatic heterocycles. The molecule has 0 radical (unpaired) electrons. The Bertz CT molecular complexity index is 863. The SMILES string of the molecule is Cc1cc(NC(=O)C(=O)N2CCCC2c2ccc3c(c2)OCCCO3)no1. The maximum atomic E-state index is 12.7. The van der Waals surface area contributed by atoms with E-state index >= 15 is 0 Å². The molecule has 0 spiro atoms. The van der Waals surface area contributed by atoms with Gasteiger partial charge < -0.3 is 18.9 Å². The molecule has 8 heteroatoms. The number of nitrogens with zero attached hydrogens (tertiary/aromatic N) is 2. The fourth-order valence-electron chi connectivity index (χ4n) is 3.47. The number of carbonyl (C=O) groups is 2. The first-order valence-electron chi connectivity index (χ1n) is 9.06. The van der Waals surface area contributed by atoms with E-state index in [1.54, 1.807) is 17.9 Å². The Morgan fingerprint density at radius 2 is 1.96 bits per heavy atom. The van der Waals surface area contributed by atoms with Gasteiger partial charge in [0.1, 0.15) is 5.76 Å². The molecule has 1 saturated heterocycles. The molecule has 27 heavy (non-hydrogen) atoms. The zero-order chi connectivity index (χ0) is 18.8. The molecular weight excluding hydrogens is 350 g/mol. The van der Waals surface area contributed by atoms with Crippen LogP contribution in [0.25, 0.3) is 0 Å². The Morgan fingerprint density at radius 1 is 1.15 bits per heavy atom. The van der Waals surface area contributed by atoms with Gasteiger partial charge in [-0.2, -0.15) is 0 Å². The zero-order valence-electron chi connectivity index (χ0n) is 15.1. The quantitative estimate of drug-likeness (QED) is 0.815. The van der Waals surface area contributed by atoms with Crippen LogP contribution in [0.5, 0.6) is 11.5 Å². The van der Waals surface area contributed by atoms with Crippen molar-refractivity contribution >= 4 is 17.6 Å². The molecule has 1 aromatic carbocycles. The predicted molar refractivity (Wildman–Crippen MR) is 95.6 cm³/mol. The topological polar surface area (TPSA) is 93.9 Å². The largest absolute Gasteiger partial charge is 0.490 e. The number of hydrogen-bond donors (Lipinski definition) is 1. The molecule has 0 bridgehead atoms. The third-order valence-electron chi connectivity index (χ3n) is 4.73. The minimum atomic E-state index is -0.718. The maximum Gasteiger partial charge on any atom is 0.315 e. The Hall–Kier alpha value is -3.03. The normalized spacial score (nSPS) is 18.9. The lowest BCUT2D eigenvalue weighted by atomic mass is 10.0. The van der Waals surface area contributed by atoms with Gasteiger partial charge in [-0.3, -0.25) is 14.9 Å². The third kappa shape index (κ3) is 3.60. The Morgan fingerprint density at radius 3 is 2.74 bits per heavy atom. The van der Waals surface area contributed by atoms with Gasteiger partial charge in [-0.15, -0.1) is 0 Å². The summed E-state index contributed by atoms with van der Waals surface area (Å²) in [5.41, 5.74) is 0.940. The van der Waals surface area contributed by atoms with Crippen molar-refractivity contribution in [3.8, 4) is 11.5 Å². The second kappa shape index (κ2) is 7.30. The Labute approximate surface area is 156 Å². The number of hydrogen-bond acceptors (Lipinski definition) is 6. The Balaban J connectivity index is 1.50. The lowest BCUT2D eigenvalue weighted by Crippen LogP contribution is -2.39.